The van der Waals surface area contributed by atoms with E-state index in [1.807, 2.05) is 25.1 Å². The summed E-state index contributed by atoms with van der Waals surface area (Å²) in [5.41, 5.74) is 0.638. The Morgan fingerprint density at radius 2 is 2.16 bits per heavy atom. The van der Waals surface area contributed by atoms with Crippen LogP contribution in [0, 0.1) is 0 Å². The van der Waals surface area contributed by atoms with Crippen molar-refractivity contribution in [2.24, 2.45) is 0 Å². The Morgan fingerprint density at radius 1 is 1.36 bits per heavy atom. The van der Waals surface area contributed by atoms with Crippen LogP contribution in [0.25, 0.3) is 0 Å². The van der Waals surface area contributed by atoms with Gasteiger partial charge in [-0.05, 0) is 43.3 Å². The zero-order valence-electron chi connectivity index (χ0n) is 13.3. The average Bonchev–Trinajstić information content (AvgIpc) is 2.55. The van der Waals surface area contributed by atoms with Gasteiger partial charge in [0, 0.05) is 16.5 Å². The number of urea groups is 1. The minimum atomic E-state index is -1.04. The second-order valence-electron chi connectivity index (χ2n) is 6.36. The number of benzene rings is 2. The summed E-state index contributed by atoms with van der Waals surface area (Å²) in [4.78, 5) is 25.5. The van der Waals surface area contributed by atoms with E-state index in [0.717, 1.165) is 10.0 Å². The van der Waals surface area contributed by atoms with Crippen LogP contribution in [0.4, 0.5) is 10.5 Å². The van der Waals surface area contributed by atoms with Crippen molar-refractivity contribution < 1.29 is 19.4 Å². The maximum atomic E-state index is 12.8. The number of aromatic carboxylic acids is 1. The molecule has 2 atom stereocenters. The zero-order chi connectivity index (χ0) is 17.8. The largest absolute Gasteiger partial charge is 0.478 e. The Bertz CT molecular complexity index is 900. The highest BCUT2D eigenvalue weighted by molar-refractivity contribution is 9.10. The topological polar surface area (TPSA) is 78.9 Å². The van der Waals surface area contributed by atoms with E-state index in [4.69, 9.17) is 4.74 Å². The van der Waals surface area contributed by atoms with Crippen LogP contribution in [0.5, 0.6) is 5.75 Å². The van der Waals surface area contributed by atoms with Crippen molar-refractivity contribution in [1.29, 1.82) is 0 Å². The molecule has 0 saturated carbocycles. The molecule has 2 aromatic rings. The standard InChI is InChI=1S/C18H15BrN2O4/c1-18-9-14(13-8-11(19)5-6-15(13)25-18)20-17(24)21(18)12-4-2-3-10(7-12)16(22)23/h2-8,14H,9H2,1H3,(H,20,24)(H,22,23). The summed E-state index contributed by atoms with van der Waals surface area (Å²) in [6.07, 6.45) is 0.555. The number of nitrogens with one attached hydrogen (secondary N) is 1. The van der Waals surface area contributed by atoms with Crippen LogP contribution in [-0.4, -0.2) is 22.8 Å². The molecule has 2 unspecified atom stereocenters. The van der Waals surface area contributed by atoms with Crippen molar-refractivity contribution in [3.63, 3.8) is 0 Å². The third-order valence-electron chi connectivity index (χ3n) is 4.59. The monoisotopic (exact) mass is 402 g/mol. The number of nitrogens with zero attached hydrogens (tertiary/aromatic N) is 1. The van der Waals surface area contributed by atoms with Gasteiger partial charge in [0.2, 0.25) is 0 Å². The van der Waals surface area contributed by atoms with Gasteiger partial charge in [-0.15, -0.1) is 0 Å². The minimum Gasteiger partial charge on any atom is -0.478 e. The van der Waals surface area contributed by atoms with E-state index >= 15 is 0 Å². The first-order chi connectivity index (χ1) is 11.9. The van der Waals surface area contributed by atoms with E-state index in [-0.39, 0.29) is 17.6 Å². The average molecular weight is 403 g/mol. The van der Waals surface area contributed by atoms with Gasteiger partial charge in [0.25, 0.3) is 0 Å². The molecule has 25 heavy (non-hydrogen) atoms. The second kappa shape index (κ2) is 5.49. The summed E-state index contributed by atoms with van der Waals surface area (Å²) >= 11 is 3.44. The SMILES string of the molecule is CC12CC(NC(=O)N1c1cccc(C(=O)O)c1)c1cc(Br)ccc1O2. The summed E-state index contributed by atoms with van der Waals surface area (Å²) in [6.45, 7) is 1.84. The molecule has 0 radical (unpaired) electrons. The Hall–Kier alpha value is -2.54. The van der Waals surface area contributed by atoms with Gasteiger partial charge in [-0.2, -0.15) is 0 Å². The van der Waals surface area contributed by atoms with Gasteiger partial charge in [-0.25, -0.2) is 9.59 Å². The molecule has 2 aliphatic heterocycles. The Kier molecular flexibility index (Phi) is 3.50. The molecule has 6 nitrogen and oxygen atoms in total. The molecule has 0 spiro atoms. The Morgan fingerprint density at radius 3 is 2.92 bits per heavy atom. The number of anilines is 1. The third-order valence-corrected chi connectivity index (χ3v) is 5.08. The van der Waals surface area contributed by atoms with E-state index < -0.39 is 11.7 Å². The Balaban J connectivity index is 1.79. The highest BCUT2D eigenvalue weighted by Gasteiger charge is 2.49. The lowest BCUT2D eigenvalue weighted by atomic mass is 9.90. The van der Waals surface area contributed by atoms with Gasteiger partial charge in [-0.3, -0.25) is 4.90 Å². The van der Waals surface area contributed by atoms with Gasteiger partial charge in [-0.1, -0.05) is 22.0 Å². The van der Waals surface area contributed by atoms with Crippen LogP contribution in [0.3, 0.4) is 0 Å². The summed E-state index contributed by atoms with van der Waals surface area (Å²) in [5.74, 6) is -0.330. The van der Waals surface area contributed by atoms with Crippen molar-refractivity contribution in [3.05, 3.63) is 58.1 Å². The molecule has 1 fully saturated rings. The molecule has 0 aliphatic carbocycles. The highest BCUT2D eigenvalue weighted by atomic mass is 79.9. The lowest BCUT2D eigenvalue weighted by Crippen LogP contribution is -2.65. The number of carbonyl (C=O) groups excluding carboxylic acids is 1. The van der Waals surface area contributed by atoms with Gasteiger partial charge in [0.1, 0.15) is 5.75 Å². The molecule has 4 rings (SSSR count). The minimum absolute atomic E-state index is 0.121. The molecule has 2 aromatic carbocycles. The molecule has 0 aromatic heterocycles. The second-order valence-corrected chi connectivity index (χ2v) is 7.27. The molecule has 7 heteroatoms. The van der Waals surface area contributed by atoms with Crippen LogP contribution in [-0.2, 0) is 0 Å². The summed E-state index contributed by atoms with van der Waals surface area (Å²) in [5, 5.41) is 12.2. The fourth-order valence-corrected chi connectivity index (χ4v) is 3.89. The number of ether oxygens (including phenoxy) is 1. The first-order valence-corrected chi connectivity index (χ1v) is 8.59. The van der Waals surface area contributed by atoms with Gasteiger partial charge >= 0.3 is 12.0 Å². The number of carboxylic acids is 1. The summed E-state index contributed by atoms with van der Waals surface area (Å²) in [6, 6.07) is 11.5. The fraction of sp³-hybridized carbons (Fsp3) is 0.222. The van der Waals surface area contributed by atoms with Gasteiger partial charge < -0.3 is 15.2 Å². The number of rotatable bonds is 2. The molecule has 1 saturated heterocycles. The highest BCUT2D eigenvalue weighted by Crippen LogP contribution is 2.46. The predicted octanol–water partition coefficient (Wildman–Crippen LogP) is 3.92. The molecule has 2 aliphatic rings. The zero-order valence-corrected chi connectivity index (χ0v) is 14.9. The first-order valence-electron chi connectivity index (χ1n) is 7.80. The van der Waals surface area contributed by atoms with Crippen molar-refractivity contribution in [2.45, 2.75) is 25.1 Å². The third kappa shape index (κ3) is 2.55. The molecular formula is C18H15BrN2O4. The van der Waals surface area contributed by atoms with Crippen LogP contribution in [0.2, 0.25) is 0 Å². The molecule has 2 heterocycles. The molecule has 2 amide bonds. The number of halogens is 1. The number of hydrogen-bond donors (Lipinski definition) is 2. The molecule has 128 valence electrons. The van der Waals surface area contributed by atoms with Gasteiger partial charge in [0.05, 0.1) is 17.3 Å². The van der Waals surface area contributed by atoms with E-state index in [1.165, 1.54) is 17.0 Å². The predicted molar refractivity (Wildman–Crippen MR) is 94.9 cm³/mol. The maximum absolute atomic E-state index is 12.8. The first kappa shape index (κ1) is 16.0. The number of carboxylic acid groups (broad SMARTS) is 1. The lowest BCUT2D eigenvalue weighted by Gasteiger charge is -2.50. The molecule has 2 N–H and O–H groups in total. The van der Waals surface area contributed by atoms with Crippen molar-refractivity contribution >= 4 is 33.6 Å². The fourth-order valence-electron chi connectivity index (χ4n) is 3.51. The number of amides is 2. The lowest BCUT2D eigenvalue weighted by molar-refractivity contribution is 0.0377. The van der Waals surface area contributed by atoms with Crippen molar-refractivity contribution in [2.75, 3.05) is 4.90 Å². The smallest absolute Gasteiger partial charge is 0.335 e. The van der Waals surface area contributed by atoms with Crippen LogP contribution < -0.4 is 15.0 Å². The van der Waals surface area contributed by atoms with Crippen molar-refractivity contribution in [1.82, 2.24) is 5.32 Å². The Labute approximate surface area is 152 Å². The maximum Gasteiger partial charge on any atom is 0.335 e. The van der Waals surface area contributed by atoms with Crippen LogP contribution in [0.1, 0.15) is 35.3 Å². The van der Waals surface area contributed by atoms with Crippen LogP contribution in [0.15, 0.2) is 46.9 Å². The van der Waals surface area contributed by atoms with Gasteiger partial charge in [0.15, 0.2) is 5.72 Å². The normalized spacial score (nSPS) is 24.2. The van der Waals surface area contributed by atoms with E-state index in [1.54, 1.807) is 12.1 Å². The number of hydrogen-bond acceptors (Lipinski definition) is 3. The quantitative estimate of drug-likeness (QED) is 0.797. The van der Waals surface area contributed by atoms with Crippen LogP contribution >= 0.6 is 15.9 Å². The number of fused-ring (bicyclic) bond motifs is 4. The van der Waals surface area contributed by atoms with E-state index in [0.29, 0.717) is 17.9 Å². The van der Waals surface area contributed by atoms with E-state index in [2.05, 4.69) is 21.2 Å². The van der Waals surface area contributed by atoms with E-state index in [9.17, 15) is 14.7 Å². The number of carbonyl (C=O) groups is 2. The summed E-state index contributed by atoms with van der Waals surface area (Å²) in [7, 11) is 0. The van der Waals surface area contributed by atoms with Crippen molar-refractivity contribution in [3.8, 4) is 5.75 Å². The summed E-state index contributed by atoms with van der Waals surface area (Å²) < 4.78 is 7.10. The molecule has 2 bridgehead atoms. The molecular weight excluding hydrogens is 388 g/mol.